The number of benzene rings is 1. The number of carbonyl (C=O) groups excluding carboxylic acids is 1. The predicted octanol–water partition coefficient (Wildman–Crippen LogP) is 5.34. The van der Waals surface area contributed by atoms with Crippen LogP contribution in [-0.2, 0) is 77.9 Å². The second-order valence-corrected chi connectivity index (χ2v) is 19.9. The van der Waals surface area contributed by atoms with E-state index in [0.29, 0.717) is 141 Å². The first-order chi connectivity index (χ1) is 38.4. The van der Waals surface area contributed by atoms with Gasteiger partial charge in [-0.2, -0.15) is 0 Å². The van der Waals surface area contributed by atoms with Gasteiger partial charge in [0.25, 0.3) is 12.9 Å². The van der Waals surface area contributed by atoms with E-state index in [1.807, 2.05) is 88.0 Å². The van der Waals surface area contributed by atoms with Crippen LogP contribution in [0.4, 0.5) is 0 Å². The number of aliphatic carboxylic acids is 2. The molecule has 0 amide bonds. The maximum Gasteiger partial charge on any atom is 0.320 e. The Kier molecular flexibility index (Phi) is 52.1. The number of rotatable bonds is 47. The lowest BCUT2D eigenvalue weighted by atomic mass is 10.1. The summed E-state index contributed by atoms with van der Waals surface area (Å²) in [4.78, 5) is 58.1. The number of carboxylic acids is 2. The molecule has 0 fully saturated rings. The Morgan fingerprint density at radius 1 is 0.469 bits per heavy atom. The lowest BCUT2D eigenvalue weighted by Gasteiger charge is -2.27. The molecule has 0 heterocycles. The number of ether oxygens (including phenoxy) is 13. The number of esters is 1. The first-order valence-corrected chi connectivity index (χ1v) is 27.8. The van der Waals surface area contributed by atoms with Crippen molar-refractivity contribution in [3.8, 4) is 17.2 Å². The van der Waals surface area contributed by atoms with E-state index in [4.69, 9.17) is 81.4 Å². The van der Waals surface area contributed by atoms with Gasteiger partial charge in [0.1, 0.15) is 26.4 Å². The van der Waals surface area contributed by atoms with Gasteiger partial charge in [0.15, 0.2) is 11.5 Å². The molecule has 0 radical (unpaired) electrons. The Balaban J connectivity index is -0.00000331. The third-order valence-electron chi connectivity index (χ3n) is 10.6. The minimum absolute atomic E-state index is 0.0294. The number of nitrogens with zero attached hydrogens (tertiary/aromatic N) is 3. The lowest BCUT2D eigenvalue weighted by Crippen LogP contribution is -2.43. The van der Waals surface area contributed by atoms with Crippen LogP contribution in [0.5, 0.6) is 17.2 Å². The molecule has 1 aromatic carbocycles. The highest BCUT2D eigenvalue weighted by Crippen LogP contribution is 2.39. The highest BCUT2D eigenvalue weighted by atomic mass is 16.6. The molecule has 0 aromatic heterocycles. The molecule has 81 heavy (non-hydrogen) atoms. The standard InChI is InChI=1S/C46H83N3O16.C8H18O2.2CH2O2/c1-10-46(8,9)65-31-26-59-21-19-57-24-28-61-40-33-38(32-39(44(40)62-29-22-55-13-4)60-27-23-56-18-20-58-25-30-64-45(5,6)7)37-63-43(54)36-48(12-3)15-17-49(35-42(52)53)16-14-47(11-2)34-41(50)51;1-5-9-6-7-10-8(2,3)4;2*2-1-3/h32-33H,10-31,34-37H2,1-9H3,(H,50,51)(H,52,53);5-7H2,1-4H3;2*1H,(H,2,3). The van der Waals surface area contributed by atoms with Crippen molar-refractivity contribution >= 4 is 30.9 Å². The molecule has 25 nitrogen and oxygen atoms in total. The van der Waals surface area contributed by atoms with Crippen LogP contribution in [0, 0.1) is 0 Å². The number of likely N-dealkylation sites (N-methyl/N-ethyl adjacent to an activating group) is 2. The van der Waals surface area contributed by atoms with Crippen LogP contribution in [0.1, 0.15) is 102 Å². The molecule has 0 aliphatic rings. The van der Waals surface area contributed by atoms with Crippen LogP contribution in [0.15, 0.2) is 12.1 Å². The smallest absolute Gasteiger partial charge is 0.320 e. The molecule has 0 spiro atoms. The molecular weight excluding hydrogens is 1070 g/mol. The number of hydrogen-bond donors (Lipinski definition) is 4. The zero-order valence-corrected chi connectivity index (χ0v) is 51.3. The average Bonchev–Trinajstić information content (AvgIpc) is 3.39. The molecule has 476 valence electrons. The highest BCUT2D eigenvalue weighted by Gasteiger charge is 2.20. The monoisotopic (exact) mass is 1170 g/mol. The van der Waals surface area contributed by atoms with E-state index in [9.17, 15) is 24.6 Å². The Hall–Kier alpha value is -4.51. The van der Waals surface area contributed by atoms with E-state index >= 15 is 0 Å². The van der Waals surface area contributed by atoms with E-state index in [1.165, 1.54) is 0 Å². The highest BCUT2D eigenvalue weighted by molar-refractivity contribution is 5.72. The second kappa shape index (κ2) is 52.3. The molecule has 4 N–H and O–H groups in total. The minimum atomic E-state index is -0.993. The Morgan fingerprint density at radius 3 is 1.19 bits per heavy atom. The Morgan fingerprint density at radius 2 is 0.802 bits per heavy atom. The molecule has 25 heteroatoms. The predicted molar refractivity (Wildman–Crippen MR) is 304 cm³/mol. The van der Waals surface area contributed by atoms with Gasteiger partial charge in [0.05, 0.1) is 122 Å². The lowest BCUT2D eigenvalue weighted by molar-refractivity contribution is -0.146. The van der Waals surface area contributed by atoms with Crippen molar-refractivity contribution in [3.63, 3.8) is 0 Å². The van der Waals surface area contributed by atoms with Crippen molar-refractivity contribution < 1.29 is 106 Å². The summed E-state index contributed by atoms with van der Waals surface area (Å²) < 4.78 is 74.6. The average molecular weight is 1170 g/mol. The van der Waals surface area contributed by atoms with Gasteiger partial charge in [-0.15, -0.1) is 0 Å². The van der Waals surface area contributed by atoms with Gasteiger partial charge < -0.3 is 82.0 Å². The summed E-state index contributed by atoms with van der Waals surface area (Å²) in [6, 6.07) is 3.47. The molecular formula is C56H105N3O22. The van der Waals surface area contributed by atoms with Crippen LogP contribution in [0.2, 0.25) is 0 Å². The number of carboxylic acid groups (broad SMARTS) is 4. The third kappa shape index (κ3) is 54.5. The van der Waals surface area contributed by atoms with E-state index in [2.05, 4.69) is 6.92 Å². The molecule has 0 aliphatic carbocycles. The van der Waals surface area contributed by atoms with Gasteiger partial charge in [0.2, 0.25) is 5.75 Å². The van der Waals surface area contributed by atoms with Crippen molar-refractivity contribution in [3.05, 3.63) is 17.7 Å². The first-order valence-electron chi connectivity index (χ1n) is 27.8. The summed E-state index contributed by atoms with van der Waals surface area (Å²) in [6.45, 7) is 35.1. The quantitative estimate of drug-likeness (QED) is 0.0363. The van der Waals surface area contributed by atoms with Crippen molar-refractivity contribution in [2.75, 3.05) is 178 Å². The van der Waals surface area contributed by atoms with Crippen LogP contribution in [0.25, 0.3) is 0 Å². The van der Waals surface area contributed by atoms with Crippen LogP contribution in [0.3, 0.4) is 0 Å². The van der Waals surface area contributed by atoms with Crippen molar-refractivity contribution in [1.82, 2.24) is 14.7 Å². The zero-order valence-electron chi connectivity index (χ0n) is 51.3. The molecule has 0 atom stereocenters. The minimum Gasteiger partial charge on any atom is -0.487 e. The summed E-state index contributed by atoms with van der Waals surface area (Å²) in [7, 11) is 0. The summed E-state index contributed by atoms with van der Waals surface area (Å²) >= 11 is 0. The fraction of sp³-hybridized carbons (Fsp3) is 0.804. The van der Waals surface area contributed by atoms with E-state index in [0.717, 1.165) is 13.0 Å². The second-order valence-electron chi connectivity index (χ2n) is 19.9. The number of carbonyl (C=O) groups is 5. The molecule has 0 saturated heterocycles. The fourth-order valence-electron chi connectivity index (χ4n) is 6.23. The third-order valence-corrected chi connectivity index (χ3v) is 10.6. The van der Waals surface area contributed by atoms with Gasteiger partial charge >= 0.3 is 17.9 Å². The maximum atomic E-state index is 13.2. The molecule has 1 rings (SSSR count). The van der Waals surface area contributed by atoms with Gasteiger partial charge in [-0.1, -0.05) is 20.8 Å². The molecule has 1 aromatic rings. The Labute approximate surface area is 482 Å². The van der Waals surface area contributed by atoms with Gasteiger partial charge in [-0.05, 0) is 106 Å². The van der Waals surface area contributed by atoms with Crippen LogP contribution in [-0.4, -0.2) is 261 Å². The maximum absolute atomic E-state index is 13.2. The summed E-state index contributed by atoms with van der Waals surface area (Å²) in [5, 5.41) is 32.5. The van der Waals surface area contributed by atoms with E-state index in [-0.39, 0.29) is 89.0 Å². The van der Waals surface area contributed by atoms with Gasteiger partial charge in [-0.3, -0.25) is 38.7 Å². The molecule has 0 unspecified atom stereocenters. The molecule has 0 saturated carbocycles. The molecule has 0 aliphatic heterocycles. The molecule has 0 bridgehead atoms. The van der Waals surface area contributed by atoms with Crippen molar-refractivity contribution in [2.24, 2.45) is 0 Å². The van der Waals surface area contributed by atoms with Crippen molar-refractivity contribution in [2.45, 2.75) is 120 Å². The van der Waals surface area contributed by atoms with E-state index < -0.39 is 17.9 Å². The summed E-state index contributed by atoms with van der Waals surface area (Å²) in [5.74, 6) is -1.33. The zero-order chi connectivity index (χ0) is 61.8. The Bertz CT molecular complexity index is 1690. The van der Waals surface area contributed by atoms with Crippen molar-refractivity contribution in [1.29, 1.82) is 0 Å². The first kappa shape index (κ1) is 80.7. The topological polar surface area (TPSA) is 296 Å². The van der Waals surface area contributed by atoms with Crippen LogP contribution >= 0.6 is 0 Å². The fourth-order valence-corrected chi connectivity index (χ4v) is 6.23. The summed E-state index contributed by atoms with van der Waals surface area (Å²) in [6.07, 6.45) is 0.909. The van der Waals surface area contributed by atoms with E-state index in [1.54, 1.807) is 21.9 Å². The largest absolute Gasteiger partial charge is 0.487 e. The van der Waals surface area contributed by atoms with Gasteiger partial charge in [-0.25, -0.2) is 0 Å². The number of hydrogen-bond acceptors (Lipinski definition) is 21. The van der Waals surface area contributed by atoms with Gasteiger partial charge in [0, 0.05) is 39.4 Å². The summed E-state index contributed by atoms with van der Waals surface area (Å²) in [5.41, 5.74) is 0.146. The van der Waals surface area contributed by atoms with Crippen LogP contribution < -0.4 is 14.2 Å². The normalized spacial score (nSPS) is 11.5. The SMILES string of the molecule is CCOCCOC(C)(C)C.CCOCCOc1c(OCCOCCOCCOC(C)(C)C)cc(COC(=O)CN(CC)CCN(CCN(CC)CC(=O)O)CC(=O)O)cc1OCCOCCOCCOC(C)(C)CC.O=CO.O=CO.